The molecule has 26 heavy (non-hydrogen) atoms. The number of morpholine rings is 1. The van der Waals surface area contributed by atoms with E-state index in [0.29, 0.717) is 0 Å². The van der Waals surface area contributed by atoms with Crippen molar-refractivity contribution < 1.29 is 10.2 Å². The fourth-order valence-corrected chi connectivity index (χ4v) is 3.25. The zero-order valence-electron chi connectivity index (χ0n) is 14.8. The summed E-state index contributed by atoms with van der Waals surface area (Å²) in [5, 5.41) is 4.79. The highest BCUT2D eigenvalue weighted by atomic mass is 16.5. The molecule has 1 aliphatic heterocycles. The Morgan fingerprint density at radius 1 is 0.962 bits per heavy atom. The molecule has 4 rings (SSSR count). The van der Waals surface area contributed by atoms with Crippen LogP contribution in [0.3, 0.4) is 0 Å². The fourth-order valence-electron chi connectivity index (χ4n) is 3.25. The molecule has 0 radical (unpaired) electrons. The highest BCUT2D eigenvalue weighted by molar-refractivity contribution is 5.93. The normalized spacial score (nSPS) is 14.8. The van der Waals surface area contributed by atoms with E-state index in [9.17, 15) is 0 Å². The third-order valence-corrected chi connectivity index (χ3v) is 4.63. The lowest BCUT2D eigenvalue weighted by molar-refractivity contribution is 0.0398. The first-order valence-electron chi connectivity index (χ1n) is 8.89. The first-order chi connectivity index (χ1) is 12.4. The van der Waals surface area contributed by atoms with Crippen molar-refractivity contribution in [2.24, 2.45) is 0 Å². The van der Waals surface area contributed by atoms with Crippen molar-refractivity contribution in [3.05, 3.63) is 60.7 Å². The SMILES string of the molecule is O.c1ccc(-c2cc(NCCN3CCOCC3)c3ccccc3n2)cc1. The minimum Gasteiger partial charge on any atom is -0.412 e. The number of fused-ring (bicyclic) bond motifs is 1. The molecule has 5 nitrogen and oxygen atoms in total. The molecular weight excluding hydrogens is 326 g/mol. The summed E-state index contributed by atoms with van der Waals surface area (Å²) < 4.78 is 5.42. The molecule has 5 heteroatoms. The average molecular weight is 351 g/mol. The molecule has 2 heterocycles. The Morgan fingerprint density at radius 3 is 2.50 bits per heavy atom. The van der Waals surface area contributed by atoms with Gasteiger partial charge >= 0.3 is 0 Å². The van der Waals surface area contributed by atoms with E-state index in [1.54, 1.807) is 0 Å². The Bertz CT molecular complexity index is 833. The Hall–Kier alpha value is -2.47. The van der Waals surface area contributed by atoms with Crippen LogP contribution in [0.25, 0.3) is 22.2 Å². The molecule has 136 valence electrons. The lowest BCUT2D eigenvalue weighted by atomic mass is 10.1. The van der Waals surface area contributed by atoms with Crippen molar-refractivity contribution in [1.29, 1.82) is 0 Å². The van der Waals surface area contributed by atoms with E-state index in [2.05, 4.69) is 58.7 Å². The number of hydrogen-bond acceptors (Lipinski definition) is 4. The maximum atomic E-state index is 5.42. The van der Waals surface area contributed by atoms with Gasteiger partial charge in [0, 0.05) is 42.8 Å². The quantitative estimate of drug-likeness (QED) is 0.767. The van der Waals surface area contributed by atoms with E-state index in [4.69, 9.17) is 9.72 Å². The number of para-hydroxylation sites is 1. The molecule has 0 aliphatic carbocycles. The van der Waals surface area contributed by atoms with E-state index in [-0.39, 0.29) is 5.48 Å². The van der Waals surface area contributed by atoms with Gasteiger partial charge in [-0.05, 0) is 12.1 Å². The smallest absolute Gasteiger partial charge is 0.0730 e. The molecule has 0 unspecified atom stereocenters. The van der Waals surface area contributed by atoms with Gasteiger partial charge in [0.1, 0.15) is 0 Å². The molecule has 0 saturated carbocycles. The predicted octanol–water partition coefficient (Wildman–Crippen LogP) is 2.82. The molecule has 1 aromatic heterocycles. The molecule has 0 amide bonds. The maximum Gasteiger partial charge on any atom is 0.0730 e. The van der Waals surface area contributed by atoms with Crippen LogP contribution in [0, 0.1) is 0 Å². The van der Waals surface area contributed by atoms with Gasteiger partial charge in [-0.1, -0.05) is 48.5 Å². The lowest BCUT2D eigenvalue weighted by Crippen LogP contribution is -2.39. The summed E-state index contributed by atoms with van der Waals surface area (Å²) >= 11 is 0. The zero-order valence-corrected chi connectivity index (χ0v) is 14.8. The molecule has 3 N–H and O–H groups in total. The number of aromatic nitrogens is 1. The van der Waals surface area contributed by atoms with Crippen molar-refractivity contribution in [2.75, 3.05) is 44.7 Å². The van der Waals surface area contributed by atoms with Crippen LogP contribution in [0.4, 0.5) is 5.69 Å². The van der Waals surface area contributed by atoms with Crippen LogP contribution in [0.15, 0.2) is 60.7 Å². The van der Waals surface area contributed by atoms with Crippen molar-refractivity contribution in [2.45, 2.75) is 0 Å². The van der Waals surface area contributed by atoms with Gasteiger partial charge in [0.2, 0.25) is 0 Å². The van der Waals surface area contributed by atoms with Crippen molar-refractivity contribution >= 4 is 16.6 Å². The van der Waals surface area contributed by atoms with Gasteiger partial charge in [-0.15, -0.1) is 0 Å². The molecule has 2 aromatic carbocycles. The zero-order chi connectivity index (χ0) is 16.9. The Kier molecular flexibility index (Phi) is 6.17. The second-order valence-electron chi connectivity index (χ2n) is 6.32. The van der Waals surface area contributed by atoms with E-state index in [1.165, 1.54) is 5.39 Å². The minimum atomic E-state index is 0. The summed E-state index contributed by atoms with van der Waals surface area (Å²) in [6.45, 7) is 5.68. The number of nitrogens with one attached hydrogen (secondary N) is 1. The Labute approximate surface area is 153 Å². The van der Waals surface area contributed by atoms with Crippen LogP contribution in [0.2, 0.25) is 0 Å². The molecule has 0 bridgehead atoms. The summed E-state index contributed by atoms with van der Waals surface area (Å²) in [6.07, 6.45) is 0. The monoisotopic (exact) mass is 351 g/mol. The van der Waals surface area contributed by atoms with Gasteiger partial charge in [-0.2, -0.15) is 0 Å². The number of rotatable bonds is 5. The highest BCUT2D eigenvalue weighted by Crippen LogP contribution is 2.28. The number of ether oxygens (including phenoxy) is 1. The topological polar surface area (TPSA) is 68.9 Å². The van der Waals surface area contributed by atoms with Crippen LogP contribution in [0.1, 0.15) is 0 Å². The first kappa shape index (κ1) is 18.3. The number of benzene rings is 2. The summed E-state index contributed by atoms with van der Waals surface area (Å²) in [4.78, 5) is 7.28. The second-order valence-corrected chi connectivity index (χ2v) is 6.32. The molecular formula is C21H25N3O2. The summed E-state index contributed by atoms with van der Waals surface area (Å²) in [7, 11) is 0. The van der Waals surface area contributed by atoms with E-state index < -0.39 is 0 Å². The van der Waals surface area contributed by atoms with Crippen LogP contribution in [0.5, 0.6) is 0 Å². The Balaban J connectivity index is 0.00000196. The van der Waals surface area contributed by atoms with Gasteiger partial charge in [0.15, 0.2) is 0 Å². The number of nitrogens with zero attached hydrogens (tertiary/aromatic N) is 2. The third-order valence-electron chi connectivity index (χ3n) is 4.63. The molecule has 0 atom stereocenters. The van der Waals surface area contributed by atoms with Crippen LogP contribution in [-0.2, 0) is 4.74 Å². The maximum absolute atomic E-state index is 5.42. The summed E-state index contributed by atoms with van der Waals surface area (Å²) in [5.41, 5.74) is 4.33. The minimum absolute atomic E-state index is 0. The number of pyridine rings is 1. The largest absolute Gasteiger partial charge is 0.412 e. The number of anilines is 1. The average Bonchev–Trinajstić information content (AvgIpc) is 2.69. The van der Waals surface area contributed by atoms with E-state index in [0.717, 1.165) is 61.9 Å². The van der Waals surface area contributed by atoms with Crippen LogP contribution >= 0.6 is 0 Å². The summed E-state index contributed by atoms with van der Waals surface area (Å²) in [6, 6.07) is 20.8. The lowest BCUT2D eigenvalue weighted by Gasteiger charge is -2.26. The second kappa shape index (κ2) is 8.76. The van der Waals surface area contributed by atoms with Crippen molar-refractivity contribution in [3.63, 3.8) is 0 Å². The first-order valence-corrected chi connectivity index (χ1v) is 8.89. The van der Waals surface area contributed by atoms with Gasteiger partial charge in [0.05, 0.1) is 24.4 Å². The summed E-state index contributed by atoms with van der Waals surface area (Å²) in [5.74, 6) is 0. The van der Waals surface area contributed by atoms with Crippen molar-refractivity contribution in [1.82, 2.24) is 9.88 Å². The standard InChI is InChI=1S/C21H23N3O.H2O/c1-2-6-17(7-3-1)20-16-21(18-8-4-5-9-19(18)23-20)22-10-11-24-12-14-25-15-13-24;/h1-9,16H,10-15H2,(H,22,23);1H2. The molecule has 1 saturated heterocycles. The van der Waals surface area contributed by atoms with Crippen molar-refractivity contribution in [3.8, 4) is 11.3 Å². The van der Waals surface area contributed by atoms with Gasteiger partial charge in [-0.3, -0.25) is 4.90 Å². The molecule has 1 aliphatic rings. The van der Waals surface area contributed by atoms with Gasteiger partial charge < -0.3 is 15.5 Å². The number of hydrogen-bond donors (Lipinski definition) is 1. The highest BCUT2D eigenvalue weighted by Gasteiger charge is 2.11. The Morgan fingerprint density at radius 2 is 1.69 bits per heavy atom. The van der Waals surface area contributed by atoms with Crippen LogP contribution < -0.4 is 5.32 Å². The van der Waals surface area contributed by atoms with Gasteiger partial charge in [-0.25, -0.2) is 4.98 Å². The predicted molar refractivity (Wildman–Crippen MR) is 107 cm³/mol. The fraction of sp³-hybridized carbons (Fsp3) is 0.286. The molecule has 0 spiro atoms. The van der Waals surface area contributed by atoms with E-state index >= 15 is 0 Å². The van der Waals surface area contributed by atoms with Crippen LogP contribution in [-0.4, -0.2) is 54.8 Å². The molecule has 1 fully saturated rings. The molecule has 3 aromatic rings. The van der Waals surface area contributed by atoms with E-state index in [1.807, 2.05) is 12.1 Å². The van der Waals surface area contributed by atoms with Gasteiger partial charge in [0.25, 0.3) is 0 Å². The third kappa shape index (κ3) is 4.19.